The van der Waals surface area contributed by atoms with Crippen LogP contribution in [0.1, 0.15) is 5.56 Å². The summed E-state index contributed by atoms with van der Waals surface area (Å²) >= 11 is 0. The molecule has 88 valence electrons. The third-order valence-electron chi connectivity index (χ3n) is 2.33. The Kier molecular flexibility index (Phi) is 4.42. The first-order valence-corrected chi connectivity index (χ1v) is 4.91. The van der Waals surface area contributed by atoms with Gasteiger partial charge in [-0.3, -0.25) is 4.79 Å². The third-order valence-corrected chi connectivity index (χ3v) is 2.33. The molecular weight excluding hydrogens is 210 g/mol. The minimum atomic E-state index is -1.47. The monoisotopic (exact) mass is 225 g/mol. The molecule has 0 spiro atoms. The van der Waals surface area contributed by atoms with Gasteiger partial charge in [0.1, 0.15) is 12.1 Å². The third kappa shape index (κ3) is 3.30. The molecule has 0 aliphatic carbocycles. The number of aliphatic carboxylic acids is 1. The van der Waals surface area contributed by atoms with Crippen molar-refractivity contribution in [3.63, 3.8) is 0 Å². The lowest BCUT2D eigenvalue weighted by Crippen LogP contribution is -2.48. The first-order valence-electron chi connectivity index (χ1n) is 4.91. The number of nitrogens with two attached hydrogens (primary N) is 1. The summed E-state index contributed by atoms with van der Waals surface area (Å²) in [5.41, 5.74) is 6.02. The van der Waals surface area contributed by atoms with Gasteiger partial charge in [-0.15, -0.1) is 0 Å². The Labute approximate surface area is 93.1 Å². The summed E-state index contributed by atoms with van der Waals surface area (Å²) in [5, 5.41) is 27.6. The lowest BCUT2D eigenvalue weighted by molar-refractivity contribution is -0.143. The second-order valence-corrected chi connectivity index (χ2v) is 3.61. The van der Waals surface area contributed by atoms with Crippen LogP contribution >= 0.6 is 0 Å². The molecule has 0 aliphatic heterocycles. The minimum absolute atomic E-state index is 0.170. The molecule has 1 aromatic rings. The van der Waals surface area contributed by atoms with Crippen molar-refractivity contribution in [1.82, 2.24) is 0 Å². The van der Waals surface area contributed by atoms with Crippen molar-refractivity contribution >= 4 is 5.97 Å². The summed E-state index contributed by atoms with van der Waals surface area (Å²) in [6, 6.07) is 7.51. The highest BCUT2D eigenvalue weighted by atomic mass is 16.4. The van der Waals surface area contributed by atoms with E-state index in [4.69, 9.17) is 10.8 Å². The van der Waals surface area contributed by atoms with Crippen LogP contribution in [0.5, 0.6) is 0 Å². The molecule has 0 aromatic heterocycles. The summed E-state index contributed by atoms with van der Waals surface area (Å²) < 4.78 is 0. The molecule has 0 aliphatic rings. The van der Waals surface area contributed by atoms with E-state index in [0.717, 1.165) is 5.56 Å². The molecule has 5 nitrogen and oxygen atoms in total. The maximum atomic E-state index is 10.5. The van der Waals surface area contributed by atoms with E-state index < -0.39 is 24.2 Å². The quantitative estimate of drug-likeness (QED) is 0.534. The normalized spacial score (nSPS) is 16.4. The van der Waals surface area contributed by atoms with E-state index in [2.05, 4.69) is 0 Å². The van der Waals surface area contributed by atoms with E-state index in [-0.39, 0.29) is 6.42 Å². The summed E-state index contributed by atoms with van der Waals surface area (Å²) in [5.74, 6) is -1.33. The molecular formula is C11H15NO4. The van der Waals surface area contributed by atoms with Gasteiger partial charge in [0, 0.05) is 6.42 Å². The van der Waals surface area contributed by atoms with Crippen LogP contribution in [0.4, 0.5) is 0 Å². The largest absolute Gasteiger partial charge is 0.480 e. The van der Waals surface area contributed by atoms with Crippen LogP contribution in [0.3, 0.4) is 0 Å². The molecule has 5 N–H and O–H groups in total. The van der Waals surface area contributed by atoms with Gasteiger partial charge in [-0.25, -0.2) is 0 Å². The molecule has 16 heavy (non-hydrogen) atoms. The maximum Gasteiger partial charge on any atom is 0.323 e. The van der Waals surface area contributed by atoms with Gasteiger partial charge in [-0.2, -0.15) is 0 Å². The van der Waals surface area contributed by atoms with E-state index in [1.807, 2.05) is 6.07 Å². The predicted molar refractivity (Wildman–Crippen MR) is 57.8 cm³/mol. The number of rotatable bonds is 5. The average Bonchev–Trinajstić information content (AvgIpc) is 2.28. The molecule has 0 radical (unpaired) electrons. The van der Waals surface area contributed by atoms with Crippen LogP contribution in [-0.2, 0) is 11.2 Å². The Morgan fingerprint density at radius 1 is 1.25 bits per heavy atom. The van der Waals surface area contributed by atoms with Gasteiger partial charge in [-0.05, 0) is 5.56 Å². The molecule has 0 amide bonds. The zero-order valence-corrected chi connectivity index (χ0v) is 8.65. The van der Waals surface area contributed by atoms with Gasteiger partial charge in [0.2, 0.25) is 0 Å². The minimum Gasteiger partial charge on any atom is -0.480 e. The number of hydrogen-bond acceptors (Lipinski definition) is 4. The predicted octanol–water partition coefficient (Wildman–Crippen LogP) is -0.637. The second kappa shape index (κ2) is 5.60. The van der Waals surface area contributed by atoms with E-state index in [0.29, 0.717) is 0 Å². The molecule has 0 bridgehead atoms. The van der Waals surface area contributed by atoms with Gasteiger partial charge < -0.3 is 21.1 Å². The molecule has 1 aromatic carbocycles. The fourth-order valence-electron chi connectivity index (χ4n) is 1.36. The van der Waals surface area contributed by atoms with Crippen molar-refractivity contribution in [3.8, 4) is 0 Å². The summed E-state index contributed by atoms with van der Waals surface area (Å²) in [7, 11) is 0. The van der Waals surface area contributed by atoms with Crippen LogP contribution in [0.15, 0.2) is 30.3 Å². The van der Waals surface area contributed by atoms with Gasteiger partial charge in [0.05, 0.1) is 6.10 Å². The summed E-state index contributed by atoms with van der Waals surface area (Å²) in [6.07, 6.45) is -2.49. The number of aliphatic hydroxyl groups excluding tert-OH is 2. The molecule has 3 atom stereocenters. The standard InChI is InChI=1S/C11H15NO4/c12-9(11(15)16)10(14)8(13)6-7-4-2-1-3-5-7/h1-5,8-10,13-14H,6,12H2,(H,15,16). The van der Waals surface area contributed by atoms with Gasteiger partial charge >= 0.3 is 5.97 Å². The number of carboxylic acid groups (broad SMARTS) is 1. The Hall–Kier alpha value is -1.43. The number of carbonyl (C=O) groups is 1. The first kappa shape index (κ1) is 12.6. The van der Waals surface area contributed by atoms with Crippen LogP contribution in [0, 0.1) is 0 Å². The lowest BCUT2D eigenvalue weighted by Gasteiger charge is -2.20. The lowest BCUT2D eigenvalue weighted by atomic mass is 9.99. The number of hydrogen-bond donors (Lipinski definition) is 4. The van der Waals surface area contributed by atoms with E-state index in [1.54, 1.807) is 24.3 Å². The van der Waals surface area contributed by atoms with Crippen LogP contribution in [0.2, 0.25) is 0 Å². The Balaban J connectivity index is 2.58. The topological polar surface area (TPSA) is 104 Å². The van der Waals surface area contributed by atoms with Crippen LogP contribution < -0.4 is 5.73 Å². The van der Waals surface area contributed by atoms with Crippen LogP contribution in [0.25, 0.3) is 0 Å². The highest BCUT2D eigenvalue weighted by molar-refractivity contribution is 5.74. The molecule has 0 saturated heterocycles. The van der Waals surface area contributed by atoms with Gasteiger partial charge in [-0.1, -0.05) is 30.3 Å². The number of benzene rings is 1. The van der Waals surface area contributed by atoms with Crippen molar-refractivity contribution in [2.75, 3.05) is 0 Å². The highest BCUT2D eigenvalue weighted by Crippen LogP contribution is 2.07. The fraction of sp³-hybridized carbons (Fsp3) is 0.364. The molecule has 0 fully saturated rings. The molecule has 3 unspecified atom stereocenters. The Morgan fingerprint density at radius 2 is 1.81 bits per heavy atom. The van der Waals surface area contributed by atoms with Crippen molar-refractivity contribution in [2.24, 2.45) is 5.73 Å². The van der Waals surface area contributed by atoms with E-state index >= 15 is 0 Å². The SMILES string of the molecule is NC(C(=O)O)C(O)C(O)Cc1ccccc1. The first-order chi connectivity index (χ1) is 7.52. The molecule has 1 rings (SSSR count). The zero-order valence-electron chi connectivity index (χ0n) is 8.65. The number of aliphatic hydroxyl groups is 2. The number of carboxylic acids is 1. The molecule has 5 heteroatoms. The fourth-order valence-corrected chi connectivity index (χ4v) is 1.36. The maximum absolute atomic E-state index is 10.5. The van der Waals surface area contributed by atoms with Crippen molar-refractivity contribution in [2.45, 2.75) is 24.7 Å². The summed E-state index contributed by atoms with van der Waals surface area (Å²) in [6.45, 7) is 0. The van der Waals surface area contributed by atoms with Crippen molar-refractivity contribution < 1.29 is 20.1 Å². The second-order valence-electron chi connectivity index (χ2n) is 3.61. The smallest absolute Gasteiger partial charge is 0.323 e. The average molecular weight is 225 g/mol. The Bertz CT molecular complexity index is 341. The van der Waals surface area contributed by atoms with Crippen molar-refractivity contribution in [3.05, 3.63) is 35.9 Å². The highest BCUT2D eigenvalue weighted by Gasteiger charge is 2.28. The zero-order chi connectivity index (χ0) is 12.1. The van der Waals surface area contributed by atoms with Crippen LogP contribution in [-0.4, -0.2) is 39.5 Å². The van der Waals surface area contributed by atoms with Crippen molar-refractivity contribution in [1.29, 1.82) is 0 Å². The van der Waals surface area contributed by atoms with Gasteiger partial charge in [0.15, 0.2) is 0 Å². The molecule has 0 heterocycles. The molecule has 0 saturated carbocycles. The van der Waals surface area contributed by atoms with Gasteiger partial charge in [0.25, 0.3) is 0 Å². The van der Waals surface area contributed by atoms with E-state index in [1.165, 1.54) is 0 Å². The summed E-state index contributed by atoms with van der Waals surface area (Å²) in [4.78, 5) is 10.5. The Morgan fingerprint density at radius 3 is 2.31 bits per heavy atom. The van der Waals surface area contributed by atoms with E-state index in [9.17, 15) is 15.0 Å².